The summed E-state index contributed by atoms with van der Waals surface area (Å²) in [5, 5.41) is 81.8. The molecular weight excluding hydrogens is 1020 g/mol. The fraction of sp³-hybridized carbons (Fsp3) is 0.500. The van der Waals surface area contributed by atoms with Crippen LogP contribution in [0.4, 0.5) is 5.69 Å². The van der Waals surface area contributed by atoms with Crippen molar-refractivity contribution in [3.63, 3.8) is 0 Å². The van der Waals surface area contributed by atoms with Gasteiger partial charge in [-0.15, -0.1) is 0 Å². The van der Waals surface area contributed by atoms with E-state index in [9.17, 15) is 35.4 Å². The highest BCUT2D eigenvalue weighted by molar-refractivity contribution is 6.06. The molecule has 13 nitrogen and oxygen atoms in total. The van der Waals surface area contributed by atoms with Gasteiger partial charge in [-0.1, -0.05) is 94.5 Å². The number of ketones is 2. The number of rotatable bonds is 10. The average molecular weight is 1100 g/mol. The molecule has 0 spiro atoms. The smallest absolute Gasteiger partial charge is 0.173 e. The number of aromatic hydroxyl groups is 2. The number of hydrogen-bond acceptors (Lipinski definition) is 12. The summed E-state index contributed by atoms with van der Waals surface area (Å²) in [6, 6.07) is 23.6. The van der Waals surface area contributed by atoms with Crippen molar-refractivity contribution in [3.05, 3.63) is 142 Å². The summed E-state index contributed by atoms with van der Waals surface area (Å²) in [5.74, 6) is 5.23. The van der Waals surface area contributed by atoms with Crippen molar-refractivity contribution in [2.24, 2.45) is 41.4 Å². The number of anilines is 1. The third-order valence-corrected chi connectivity index (χ3v) is 18.0. The molecule has 13 heteroatoms. The zero-order valence-corrected chi connectivity index (χ0v) is 48.0. The number of aliphatic hydroxyl groups is 4. The second kappa shape index (κ2) is 27.1. The van der Waals surface area contributed by atoms with Gasteiger partial charge in [0.25, 0.3) is 0 Å². The van der Waals surface area contributed by atoms with E-state index in [1.807, 2.05) is 48.7 Å². The van der Waals surface area contributed by atoms with Crippen LogP contribution in [0.1, 0.15) is 136 Å². The molecule has 81 heavy (non-hydrogen) atoms. The summed E-state index contributed by atoms with van der Waals surface area (Å²) in [5.41, 5.74) is 8.02. The van der Waals surface area contributed by atoms with E-state index < -0.39 is 47.6 Å². The summed E-state index contributed by atoms with van der Waals surface area (Å²) < 4.78 is 5.61. The van der Waals surface area contributed by atoms with E-state index >= 15 is 4.79 Å². The molecule has 2 aliphatic heterocycles. The number of dihydropyridines is 1. The number of carbonyl (C=O) groups is 2. The number of nitrogens with one attached hydrogen (secondary N) is 4. The minimum atomic E-state index is -1.89. The molecule has 4 aromatic carbocycles. The molecule has 0 unspecified atom stereocenters. The molecule has 5 aromatic rings. The molecule has 0 radical (unpaired) electrons. The number of hydrogen-bond donors (Lipinski definition) is 10. The van der Waals surface area contributed by atoms with Crippen LogP contribution in [0.25, 0.3) is 10.8 Å². The predicted molar refractivity (Wildman–Crippen MR) is 319 cm³/mol. The molecule has 10 N–H and O–H groups in total. The van der Waals surface area contributed by atoms with Crippen molar-refractivity contribution in [2.75, 3.05) is 38.7 Å². The molecule has 0 saturated heterocycles. The Hall–Kier alpha value is -6.40. The van der Waals surface area contributed by atoms with Crippen molar-refractivity contribution < 1.29 is 45.0 Å². The zero-order chi connectivity index (χ0) is 57.3. The number of H-pyrrole nitrogens is 1. The maximum atomic E-state index is 15.4. The number of aryl methyl sites for hydroxylation is 2. The average Bonchev–Trinajstić information content (AvgIpc) is 4.08. The van der Waals surface area contributed by atoms with Crippen molar-refractivity contribution in [2.45, 2.75) is 141 Å². The van der Waals surface area contributed by atoms with Gasteiger partial charge in [-0.25, -0.2) is 0 Å². The topological polar surface area (TPSA) is 217 Å². The van der Waals surface area contributed by atoms with E-state index in [1.54, 1.807) is 12.1 Å². The standard InChI is InChI=1S/C68H86N4O9/c1-6-10-56-49-28-48(27-44-19-22-57(55-12-8-7-11-42(55)15-14-40(2)3)58-36-63(77)64(81-5)32-45(58)20-23-61(75)68(80)67(79)59(44)31-49)54(13-9-26-73)46-24-25-70-65(33-46)72-51-21-18-43-16-17-47(66(78)60(43)34-51)30-53(74)39-69-37-41(4)50-29-52(71-38-50)35-62(56)76/h7-8,11-12,16-18,21,24,29,32-34,36,38,40-41,44,48-49,53-54,56-57,59,62,68-74,76-78,80H,6,9-10,13-15,20,23,25-28,30-31,35,37,39H2,1-5H3/t41-,44-,48+,49-,53+,54-,56+,57+,59-,62-,68+/m1/s1. The SMILES string of the molecule is CCC[C@H]1[C@@H]2C[C@H](C[C@H]3C#C[C@@H](c4ccccc4CCC(C)C)c4cc(O)c(OC)cc4CCC(=O)[C@H](O)C(=O)[C@@H]3C2)[C@H](CCCO)C2=CCNC(=C2)Nc2ccc3ccc(c(O)c3c2)C[C@H](O)CNC[C@@H](C)c2c[nH]c(c2)C[C@H]1O. The Labute approximate surface area is 478 Å². The number of Topliss-reactive ketones (excluding diaryl/α,β-unsaturated/α-hetero) is 2. The molecule has 3 heterocycles. The second-order valence-corrected chi connectivity index (χ2v) is 24.1. The van der Waals surface area contributed by atoms with Gasteiger partial charge in [0.05, 0.1) is 25.2 Å². The number of carbonyl (C=O) groups excluding carboxylic acids is 2. The van der Waals surface area contributed by atoms with Gasteiger partial charge in [0.1, 0.15) is 11.6 Å². The lowest BCUT2D eigenvalue weighted by Gasteiger charge is -2.36. The van der Waals surface area contributed by atoms with Crippen molar-refractivity contribution in [3.8, 4) is 29.1 Å². The van der Waals surface area contributed by atoms with Crippen LogP contribution in [0.2, 0.25) is 0 Å². The molecule has 9 rings (SSSR count). The van der Waals surface area contributed by atoms with Gasteiger partial charge < -0.3 is 56.3 Å². The predicted octanol–water partition coefficient (Wildman–Crippen LogP) is 9.91. The summed E-state index contributed by atoms with van der Waals surface area (Å²) in [6.45, 7) is 10.1. The number of aromatic nitrogens is 1. The summed E-state index contributed by atoms with van der Waals surface area (Å²) in [4.78, 5) is 33.2. The van der Waals surface area contributed by atoms with E-state index in [0.717, 1.165) is 75.2 Å². The maximum absolute atomic E-state index is 15.4. The van der Waals surface area contributed by atoms with Crippen LogP contribution in [0, 0.1) is 53.3 Å². The summed E-state index contributed by atoms with van der Waals surface area (Å²) >= 11 is 0. The third kappa shape index (κ3) is 14.1. The summed E-state index contributed by atoms with van der Waals surface area (Å²) in [6.07, 6.45) is 9.29. The zero-order valence-electron chi connectivity index (χ0n) is 48.0. The van der Waals surface area contributed by atoms with Crippen molar-refractivity contribution in [1.82, 2.24) is 15.6 Å². The van der Waals surface area contributed by atoms with Crippen LogP contribution in [0.3, 0.4) is 0 Å². The van der Waals surface area contributed by atoms with Gasteiger partial charge in [0, 0.05) is 80.3 Å². The third-order valence-electron chi connectivity index (χ3n) is 18.0. The van der Waals surface area contributed by atoms with Crippen LogP contribution in [-0.4, -0.2) is 98.9 Å². The Morgan fingerprint density at radius 2 is 1.67 bits per heavy atom. The van der Waals surface area contributed by atoms with Gasteiger partial charge in [-0.05, 0) is 174 Å². The minimum Gasteiger partial charge on any atom is -0.507 e. The lowest BCUT2D eigenvalue weighted by molar-refractivity contribution is -0.142. The van der Waals surface area contributed by atoms with E-state index in [4.69, 9.17) is 4.74 Å². The molecule has 432 valence electrons. The van der Waals surface area contributed by atoms with Crippen molar-refractivity contribution in [1.29, 1.82) is 0 Å². The Morgan fingerprint density at radius 1 is 0.852 bits per heavy atom. The van der Waals surface area contributed by atoms with Gasteiger partial charge in [-0.3, -0.25) is 9.59 Å². The monoisotopic (exact) mass is 1100 g/mol. The fourth-order valence-electron chi connectivity index (χ4n) is 13.6. The quantitative estimate of drug-likeness (QED) is 0.0467. The number of allylic oxidation sites excluding steroid dienone is 2. The van der Waals surface area contributed by atoms with Crippen LogP contribution in [0.15, 0.2) is 103 Å². The van der Waals surface area contributed by atoms with Crippen molar-refractivity contribution >= 4 is 28.0 Å². The molecule has 11 atom stereocenters. The van der Waals surface area contributed by atoms with E-state index in [1.165, 1.54) is 7.11 Å². The van der Waals surface area contributed by atoms with Crippen LogP contribution in [-0.2, 0) is 35.3 Å². The van der Waals surface area contributed by atoms with Crippen LogP contribution in [0.5, 0.6) is 17.2 Å². The Morgan fingerprint density at radius 3 is 2.46 bits per heavy atom. The van der Waals surface area contributed by atoms with Crippen LogP contribution < -0.4 is 20.7 Å². The number of benzene rings is 4. The normalized spacial score (nSPS) is 26.9. The largest absolute Gasteiger partial charge is 0.507 e. The molecule has 4 aliphatic rings. The molecule has 0 amide bonds. The van der Waals surface area contributed by atoms with E-state index in [-0.39, 0.29) is 72.7 Å². The molecule has 1 fully saturated rings. The Bertz CT molecular complexity index is 3130. The summed E-state index contributed by atoms with van der Waals surface area (Å²) in [7, 11) is 1.49. The molecule has 2 aliphatic carbocycles. The number of methoxy groups -OCH3 is 1. The number of aromatic amines is 1. The molecular formula is C68H86N4O9. The van der Waals surface area contributed by atoms with Gasteiger partial charge in [0.2, 0.25) is 0 Å². The molecule has 1 aromatic heterocycles. The highest BCUT2D eigenvalue weighted by Crippen LogP contribution is 2.48. The van der Waals surface area contributed by atoms with Gasteiger partial charge >= 0.3 is 0 Å². The number of fused-ring (bicyclic) bond motifs is 9. The number of phenolic OH excluding ortho intramolecular Hbond substituents is 2. The number of phenols is 2. The first-order chi connectivity index (χ1) is 39.1. The fourth-order valence-corrected chi connectivity index (χ4v) is 13.6. The van der Waals surface area contributed by atoms with Gasteiger partial charge in [0.15, 0.2) is 29.2 Å². The molecule has 1 saturated carbocycles. The highest BCUT2D eigenvalue weighted by atomic mass is 16.5. The first-order valence-electron chi connectivity index (χ1n) is 29.9. The lowest BCUT2D eigenvalue weighted by atomic mass is 9.71. The number of aliphatic hydroxyl groups excluding tert-OH is 4. The first kappa shape index (κ1) is 59.2. The Kier molecular flexibility index (Phi) is 19.8. The minimum absolute atomic E-state index is 0.0236. The van der Waals surface area contributed by atoms with Gasteiger partial charge in [-0.2, -0.15) is 0 Å². The highest BCUT2D eigenvalue weighted by Gasteiger charge is 2.45. The lowest BCUT2D eigenvalue weighted by Crippen LogP contribution is -2.40. The number of β-amino-alcohol motifs (C(OH)–C–C–N with tert-alkyl or cyclic N) is 1. The second-order valence-electron chi connectivity index (χ2n) is 24.1. The molecule has 9 bridgehead atoms. The van der Waals surface area contributed by atoms with Crippen LogP contribution >= 0.6 is 0 Å². The maximum Gasteiger partial charge on any atom is 0.173 e. The first-order valence-corrected chi connectivity index (χ1v) is 29.9. The van der Waals surface area contributed by atoms with E-state index in [0.29, 0.717) is 81.4 Å². The Balaban J connectivity index is 1.21. The number of ether oxygens (including phenoxy) is 1. The van der Waals surface area contributed by atoms with E-state index in [2.05, 4.69) is 90.8 Å².